The number of piperidine rings is 1. The van der Waals surface area contributed by atoms with Gasteiger partial charge in [0.15, 0.2) is 0 Å². The Morgan fingerprint density at radius 1 is 1.09 bits per heavy atom. The van der Waals surface area contributed by atoms with Gasteiger partial charge in [0.25, 0.3) is 0 Å². The van der Waals surface area contributed by atoms with E-state index in [0.717, 1.165) is 33.6 Å². The SMILES string of the molecule is CCOC(=O)c1nc(COC(=O)C2CCN(S(=O)(=O)c3c(C)c(C)cc(C)c3C)CC2)cs1. The summed E-state index contributed by atoms with van der Waals surface area (Å²) in [6.45, 7) is 9.98. The second-order valence-electron chi connectivity index (χ2n) is 8.24. The Morgan fingerprint density at radius 3 is 2.27 bits per heavy atom. The first-order valence-corrected chi connectivity index (χ1v) is 13.2. The van der Waals surface area contributed by atoms with Crippen LogP contribution in [0.25, 0.3) is 0 Å². The maximum Gasteiger partial charge on any atom is 0.367 e. The third kappa shape index (κ3) is 5.44. The summed E-state index contributed by atoms with van der Waals surface area (Å²) in [6.07, 6.45) is 0.790. The van der Waals surface area contributed by atoms with Crippen LogP contribution in [0.2, 0.25) is 0 Å². The van der Waals surface area contributed by atoms with Gasteiger partial charge in [0.05, 0.1) is 23.1 Å². The first-order chi connectivity index (χ1) is 15.6. The number of carbonyl (C=O) groups excluding carboxylic acids is 2. The van der Waals surface area contributed by atoms with E-state index in [1.165, 1.54) is 4.31 Å². The number of hydrogen-bond acceptors (Lipinski definition) is 8. The van der Waals surface area contributed by atoms with Crippen LogP contribution in [0.1, 0.15) is 57.5 Å². The van der Waals surface area contributed by atoms with Crippen molar-refractivity contribution in [1.82, 2.24) is 9.29 Å². The summed E-state index contributed by atoms with van der Waals surface area (Å²) in [6, 6.07) is 2.00. The third-order valence-corrected chi connectivity index (χ3v) is 9.09. The van der Waals surface area contributed by atoms with E-state index in [9.17, 15) is 18.0 Å². The van der Waals surface area contributed by atoms with Crippen LogP contribution in [-0.4, -0.2) is 49.3 Å². The van der Waals surface area contributed by atoms with E-state index in [0.29, 0.717) is 23.4 Å². The molecule has 0 bridgehead atoms. The molecule has 3 rings (SSSR count). The summed E-state index contributed by atoms with van der Waals surface area (Å²) in [5, 5.41) is 1.88. The third-order valence-electron chi connectivity index (χ3n) is 6.05. The molecule has 0 atom stereocenters. The topological polar surface area (TPSA) is 103 Å². The number of thiazole rings is 1. The predicted molar refractivity (Wildman–Crippen MR) is 125 cm³/mol. The maximum atomic E-state index is 13.4. The molecule has 0 aliphatic carbocycles. The molecule has 0 spiro atoms. The number of aromatic nitrogens is 1. The standard InChI is InChI=1S/C23H30N2O6S2/c1-6-30-23(27)21-24-19(13-32-21)12-31-22(26)18-7-9-25(10-8-18)33(28,29)20-16(4)14(2)11-15(3)17(20)5/h11,13,18H,6-10,12H2,1-5H3. The molecule has 10 heteroatoms. The Hall–Kier alpha value is -2.30. The zero-order valence-corrected chi connectivity index (χ0v) is 21.3. The Balaban J connectivity index is 1.60. The minimum absolute atomic E-state index is 0.0335. The van der Waals surface area contributed by atoms with Gasteiger partial charge in [0.1, 0.15) is 6.61 Å². The van der Waals surface area contributed by atoms with E-state index >= 15 is 0 Å². The van der Waals surface area contributed by atoms with E-state index < -0.39 is 16.0 Å². The fraction of sp³-hybridized carbons (Fsp3) is 0.522. The number of aryl methyl sites for hydroxylation is 2. The van der Waals surface area contributed by atoms with E-state index in [4.69, 9.17) is 9.47 Å². The Kier molecular flexibility index (Phi) is 7.92. The molecule has 2 aromatic rings. The smallest absolute Gasteiger partial charge is 0.367 e. The maximum absolute atomic E-state index is 13.4. The lowest BCUT2D eigenvalue weighted by molar-refractivity contribution is -0.151. The number of carbonyl (C=O) groups is 2. The fourth-order valence-electron chi connectivity index (χ4n) is 3.95. The quantitative estimate of drug-likeness (QED) is 0.541. The van der Waals surface area contributed by atoms with Gasteiger partial charge >= 0.3 is 11.9 Å². The van der Waals surface area contributed by atoms with Crippen LogP contribution in [0.5, 0.6) is 0 Å². The van der Waals surface area contributed by atoms with Crippen molar-refractivity contribution in [2.75, 3.05) is 19.7 Å². The summed E-state index contributed by atoms with van der Waals surface area (Å²) in [7, 11) is -3.65. The van der Waals surface area contributed by atoms with Crippen molar-refractivity contribution < 1.29 is 27.5 Å². The number of hydrogen-bond donors (Lipinski definition) is 0. The Morgan fingerprint density at radius 2 is 1.70 bits per heavy atom. The summed E-state index contributed by atoms with van der Waals surface area (Å²) in [4.78, 5) is 28.7. The molecule has 0 unspecified atom stereocenters. The highest BCUT2D eigenvalue weighted by Crippen LogP contribution is 2.31. The minimum Gasteiger partial charge on any atom is -0.461 e. The fourth-order valence-corrected chi connectivity index (χ4v) is 6.69. The van der Waals surface area contributed by atoms with Crippen LogP contribution in [-0.2, 0) is 30.9 Å². The van der Waals surface area contributed by atoms with E-state index in [-0.39, 0.29) is 43.2 Å². The first-order valence-electron chi connectivity index (χ1n) is 10.9. The molecule has 1 aliphatic heterocycles. The van der Waals surface area contributed by atoms with E-state index in [1.807, 2.05) is 33.8 Å². The molecule has 2 heterocycles. The Labute approximate surface area is 199 Å². The van der Waals surface area contributed by atoms with Gasteiger partial charge < -0.3 is 9.47 Å². The molecular weight excluding hydrogens is 464 g/mol. The van der Waals surface area contributed by atoms with Crippen LogP contribution in [0.3, 0.4) is 0 Å². The monoisotopic (exact) mass is 494 g/mol. The van der Waals surface area contributed by atoms with Crippen molar-refractivity contribution in [3.05, 3.63) is 44.4 Å². The van der Waals surface area contributed by atoms with E-state index in [1.54, 1.807) is 12.3 Å². The van der Waals surface area contributed by atoms with Crippen molar-refractivity contribution in [2.24, 2.45) is 5.92 Å². The van der Waals surface area contributed by atoms with Gasteiger partial charge in [-0.15, -0.1) is 11.3 Å². The minimum atomic E-state index is -3.65. The van der Waals surface area contributed by atoms with Crippen molar-refractivity contribution in [2.45, 2.75) is 59.0 Å². The molecule has 0 N–H and O–H groups in total. The number of rotatable bonds is 7. The average Bonchev–Trinajstić information content (AvgIpc) is 3.26. The summed E-state index contributed by atoms with van der Waals surface area (Å²) < 4.78 is 38.5. The average molecular weight is 495 g/mol. The number of ether oxygens (including phenoxy) is 2. The van der Waals surface area contributed by atoms with E-state index in [2.05, 4.69) is 4.98 Å². The zero-order valence-electron chi connectivity index (χ0n) is 19.6. The highest BCUT2D eigenvalue weighted by Gasteiger charge is 2.35. The van der Waals surface area contributed by atoms with Crippen molar-refractivity contribution in [3.8, 4) is 0 Å². The summed E-state index contributed by atoms with van der Waals surface area (Å²) in [5.41, 5.74) is 3.92. The molecule has 1 aromatic heterocycles. The van der Waals surface area contributed by atoms with Crippen molar-refractivity contribution in [3.63, 3.8) is 0 Å². The van der Waals surface area contributed by atoms with Crippen molar-refractivity contribution in [1.29, 1.82) is 0 Å². The molecule has 180 valence electrons. The molecule has 33 heavy (non-hydrogen) atoms. The van der Waals surface area contributed by atoms with Crippen LogP contribution in [0.15, 0.2) is 16.3 Å². The second-order valence-corrected chi connectivity index (χ2v) is 11.0. The first kappa shape index (κ1) is 25.3. The predicted octanol–water partition coefficient (Wildman–Crippen LogP) is 3.70. The van der Waals surface area contributed by atoms with Crippen LogP contribution in [0.4, 0.5) is 0 Å². The molecule has 8 nitrogen and oxygen atoms in total. The summed E-state index contributed by atoms with van der Waals surface area (Å²) >= 11 is 1.14. The number of sulfonamides is 1. The molecular formula is C23H30N2O6S2. The molecule has 1 fully saturated rings. The van der Waals surface area contributed by atoms with Gasteiger partial charge in [-0.1, -0.05) is 6.07 Å². The van der Waals surface area contributed by atoms with Gasteiger partial charge in [-0.25, -0.2) is 18.2 Å². The van der Waals surface area contributed by atoms with Crippen LogP contribution < -0.4 is 0 Å². The number of esters is 2. The Bertz CT molecular complexity index is 1120. The molecule has 0 radical (unpaired) electrons. The lowest BCUT2D eigenvalue weighted by Crippen LogP contribution is -2.41. The highest BCUT2D eigenvalue weighted by molar-refractivity contribution is 7.89. The number of nitrogens with zero attached hydrogens (tertiary/aromatic N) is 2. The summed E-state index contributed by atoms with van der Waals surface area (Å²) in [5.74, 6) is -1.25. The lowest BCUT2D eigenvalue weighted by Gasteiger charge is -2.31. The molecule has 0 amide bonds. The second kappa shape index (κ2) is 10.3. The van der Waals surface area contributed by atoms with Crippen molar-refractivity contribution >= 4 is 33.3 Å². The van der Waals surface area contributed by atoms with Crippen LogP contribution in [0, 0.1) is 33.6 Å². The molecule has 1 saturated heterocycles. The largest absolute Gasteiger partial charge is 0.461 e. The zero-order chi connectivity index (χ0) is 24.3. The van der Waals surface area contributed by atoms with Crippen LogP contribution >= 0.6 is 11.3 Å². The normalized spacial score (nSPS) is 15.4. The molecule has 1 aliphatic rings. The van der Waals surface area contributed by atoms with Gasteiger partial charge in [-0.2, -0.15) is 4.31 Å². The van der Waals surface area contributed by atoms with Gasteiger partial charge in [-0.3, -0.25) is 4.79 Å². The van der Waals surface area contributed by atoms with Gasteiger partial charge in [-0.05, 0) is 69.7 Å². The van der Waals surface area contributed by atoms with Gasteiger partial charge in [0, 0.05) is 18.5 Å². The molecule has 1 aromatic carbocycles. The highest BCUT2D eigenvalue weighted by atomic mass is 32.2. The van der Waals surface area contributed by atoms with Gasteiger partial charge in [0.2, 0.25) is 15.0 Å². The molecule has 0 saturated carbocycles. The lowest BCUT2D eigenvalue weighted by atomic mass is 9.98. The number of benzene rings is 1.